The summed E-state index contributed by atoms with van der Waals surface area (Å²) in [6, 6.07) is 6.53. The lowest BCUT2D eigenvalue weighted by atomic mass is 10.1. The van der Waals surface area contributed by atoms with Crippen molar-refractivity contribution in [3.8, 4) is 0 Å². The minimum absolute atomic E-state index is 0.287. The number of imide groups is 1. The molecule has 7 heteroatoms. The van der Waals surface area contributed by atoms with E-state index in [-0.39, 0.29) is 6.54 Å². The highest BCUT2D eigenvalue weighted by Gasteiger charge is 2.43. The van der Waals surface area contributed by atoms with Gasteiger partial charge < -0.3 is 9.80 Å². The Hall–Kier alpha value is -2.70. The van der Waals surface area contributed by atoms with Gasteiger partial charge in [-0.2, -0.15) is 0 Å². The number of likely N-dealkylation sites (N-methyl/N-ethyl adjacent to an activating group) is 1. The summed E-state index contributed by atoms with van der Waals surface area (Å²) in [6.45, 7) is 2.24. The van der Waals surface area contributed by atoms with Crippen LogP contribution >= 0.6 is 0 Å². The number of nitrogens with zero attached hydrogens (tertiary/aromatic N) is 3. The van der Waals surface area contributed by atoms with E-state index < -0.39 is 29.8 Å². The van der Waals surface area contributed by atoms with Gasteiger partial charge in [-0.15, -0.1) is 0 Å². The Balaban J connectivity index is 1.90. The van der Waals surface area contributed by atoms with Crippen LogP contribution in [0, 0.1) is 0 Å². The molecule has 114 valence electrons. The number of rotatable bonds is 2. The summed E-state index contributed by atoms with van der Waals surface area (Å²) in [5.74, 6) is -2.20. The number of fused-ring (bicyclic) bond motifs is 1. The van der Waals surface area contributed by atoms with Gasteiger partial charge in [-0.25, -0.2) is 0 Å². The maximum absolute atomic E-state index is 12.4. The fourth-order valence-electron chi connectivity index (χ4n) is 2.79. The van der Waals surface area contributed by atoms with Gasteiger partial charge in [0.15, 0.2) is 0 Å². The SMILES string of the molecule is CC(N1CCN(C)C(=O)C1=O)N1C(=O)c2ccccc2C1=O. The predicted octanol–water partition coefficient (Wildman–Crippen LogP) is -0.0708. The van der Waals surface area contributed by atoms with Crippen LogP contribution < -0.4 is 0 Å². The van der Waals surface area contributed by atoms with Crippen LogP contribution in [0.3, 0.4) is 0 Å². The van der Waals surface area contributed by atoms with E-state index in [4.69, 9.17) is 0 Å². The summed E-state index contributed by atoms with van der Waals surface area (Å²) in [4.78, 5) is 52.4. The number of benzene rings is 1. The van der Waals surface area contributed by atoms with Crippen LogP contribution in [0.4, 0.5) is 0 Å². The molecular formula is C15H15N3O4. The van der Waals surface area contributed by atoms with E-state index in [0.29, 0.717) is 17.7 Å². The van der Waals surface area contributed by atoms with Crippen LogP contribution in [-0.2, 0) is 9.59 Å². The van der Waals surface area contributed by atoms with E-state index >= 15 is 0 Å². The van der Waals surface area contributed by atoms with Crippen molar-refractivity contribution in [1.29, 1.82) is 0 Å². The fourth-order valence-corrected chi connectivity index (χ4v) is 2.79. The molecule has 0 bridgehead atoms. The average Bonchev–Trinajstić information content (AvgIpc) is 2.77. The lowest BCUT2D eigenvalue weighted by molar-refractivity contribution is -0.158. The summed E-state index contributed by atoms with van der Waals surface area (Å²) < 4.78 is 0. The highest BCUT2D eigenvalue weighted by Crippen LogP contribution is 2.26. The molecule has 1 aromatic rings. The molecule has 22 heavy (non-hydrogen) atoms. The highest BCUT2D eigenvalue weighted by atomic mass is 16.2. The summed E-state index contributed by atoms with van der Waals surface area (Å²) in [6.07, 6.45) is -0.794. The van der Waals surface area contributed by atoms with Gasteiger partial charge in [0, 0.05) is 20.1 Å². The Labute approximate surface area is 127 Å². The van der Waals surface area contributed by atoms with E-state index in [1.54, 1.807) is 38.2 Å². The largest absolute Gasteiger partial charge is 0.336 e. The molecule has 2 heterocycles. The van der Waals surface area contributed by atoms with E-state index in [0.717, 1.165) is 4.90 Å². The summed E-state index contributed by atoms with van der Waals surface area (Å²) in [5.41, 5.74) is 0.652. The molecule has 1 saturated heterocycles. The van der Waals surface area contributed by atoms with Crippen LogP contribution in [0.1, 0.15) is 27.6 Å². The second-order valence-electron chi connectivity index (χ2n) is 5.38. The number of amides is 4. The second-order valence-corrected chi connectivity index (χ2v) is 5.38. The van der Waals surface area contributed by atoms with Gasteiger partial charge >= 0.3 is 11.8 Å². The lowest BCUT2D eigenvalue weighted by Gasteiger charge is -2.38. The number of carbonyl (C=O) groups is 4. The summed E-state index contributed by atoms with van der Waals surface area (Å²) in [7, 11) is 1.55. The number of hydrogen-bond acceptors (Lipinski definition) is 4. The normalized spacial score (nSPS) is 19.8. The van der Waals surface area contributed by atoms with E-state index in [1.165, 1.54) is 9.80 Å². The zero-order valence-electron chi connectivity index (χ0n) is 12.3. The molecule has 2 aliphatic heterocycles. The molecule has 0 N–H and O–H groups in total. The molecule has 4 amide bonds. The van der Waals surface area contributed by atoms with Gasteiger partial charge in [0.2, 0.25) is 0 Å². The van der Waals surface area contributed by atoms with Crippen molar-refractivity contribution >= 4 is 23.6 Å². The van der Waals surface area contributed by atoms with E-state index in [9.17, 15) is 19.2 Å². The standard InChI is InChI=1S/C15H15N3O4/c1-9(17-8-7-16(2)14(21)15(17)22)18-12(19)10-5-3-4-6-11(10)13(18)20/h3-6,9H,7-8H2,1-2H3. The minimum Gasteiger partial charge on any atom is -0.336 e. The molecule has 1 fully saturated rings. The molecule has 0 spiro atoms. The van der Waals surface area contributed by atoms with E-state index in [1.807, 2.05) is 0 Å². The van der Waals surface area contributed by atoms with Gasteiger partial charge in [-0.3, -0.25) is 24.1 Å². The summed E-state index contributed by atoms with van der Waals surface area (Å²) >= 11 is 0. The summed E-state index contributed by atoms with van der Waals surface area (Å²) in [5, 5.41) is 0. The van der Waals surface area contributed by atoms with Crippen molar-refractivity contribution < 1.29 is 19.2 Å². The first kappa shape index (κ1) is 14.2. The predicted molar refractivity (Wildman–Crippen MR) is 75.8 cm³/mol. The first-order chi connectivity index (χ1) is 10.4. The monoisotopic (exact) mass is 301 g/mol. The first-order valence-electron chi connectivity index (χ1n) is 6.96. The molecule has 3 rings (SSSR count). The maximum Gasteiger partial charge on any atom is 0.313 e. The van der Waals surface area contributed by atoms with Gasteiger partial charge in [0.25, 0.3) is 11.8 Å². The number of hydrogen-bond donors (Lipinski definition) is 0. The molecule has 1 unspecified atom stereocenters. The van der Waals surface area contributed by atoms with Crippen LogP contribution in [0.25, 0.3) is 0 Å². The number of piperazine rings is 1. The molecular weight excluding hydrogens is 286 g/mol. The smallest absolute Gasteiger partial charge is 0.313 e. The third kappa shape index (κ3) is 1.89. The van der Waals surface area contributed by atoms with Crippen molar-refractivity contribution in [3.63, 3.8) is 0 Å². The lowest BCUT2D eigenvalue weighted by Crippen LogP contribution is -2.60. The van der Waals surface area contributed by atoms with Crippen LogP contribution in [0.5, 0.6) is 0 Å². The van der Waals surface area contributed by atoms with Gasteiger partial charge in [0.05, 0.1) is 11.1 Å². The van der Waals surface area contributed by atoms with Crippen molar-refractivity contribution in [3.05, 3.63) is 35.4 Å². The Morgan fingerprint density at radius 1 is 0.864 bits per heavy atom. The fraction of sp³-hybridized carbons (Fsp3) is 0.333. The van der Waals surface area contributed by atoms with Gasteiger partial charge in [-0.1, -0.05) is 12.1 Å². The molecule has 0 saturated carbocycles. The Morgan fingerprint density at radius 2 is 1.41 bits per heavy atom. The molecule has 0 aliphatic carbocycles. The molecule has 0 radical (unpaired) electrons. The Bertz CT molecular complexity index is 665. The van der Waals surface area contributed by atoms with Crippen LogP contribution in [0.15, 0.2) is 24.3 Å². The molecule has 7 nitrogen and oxygen atoms in total. The minimum atomic E-state index is -0.794. The number of carbonyl (C=O) groups excluding carboxylic acids is 4. The molecule has 1 aromatic carbocycles. The molecule has 0 aromatic heterocycles. The Morgan fingerprint density at radius 3 is 1.95 bits per heavy atom. The zero-order chi connectivity index (χ0) is 16.0. The maximum atomic E-state index is 12.4. The second kappa shape index (κ2) is 4.94. The average molecular weight is 301 g/mol. The highest BCUT2D eigenvalue weighted by molar-refractivity contribution is 6.35. The van der Waals surface area contributed by atoms with Gasteiger partial charge in [-0.05, 0) is 19.1 Å². The molecule has 2 aliphatic rings. The Kier molecular flexibility index (Phi) is 3.20. The van der Waals surface area contributed by atoms with Crippen molar-refractivity contribution in [1.82, 2.24) is 14.7 Å². The van der Waals surface area contributed by atoms with Crippen molar-refractivity contribution in [2.75, 3.05) is 20.1 Å². The zero-order valence-corrected chi connectivity index (χ0v) is 12.3. The topological polar surface area (TPSA) is 78.0 Å². The van der Waals surface area contributed by atoms with Crippen LogP contribution in [0.2, 0.25) is 0 Å². The van der Waals surface area contributed by atoms with Crippen LogP contribution in [-0.4, -0.2) is 64.6 Å². The molecule has 1 atom stereocenters. The van der Waals surface area contributed by atoms with Crippen molar-refractivity contribution in [2.24, 2.45) is 0 Å². The van der Waals surface area contributed by atoms with Crippen molar-refractivity contribution in [2.45, 2.75) is 13.1 Å². The van der Waals surface area contributed by atoms with E-state index in [2.05, 4.69) is 0 Å². The third-order valence-corrected chi connectivity index (χ3v) is 4.12. The van der Waals surface area contributed by atoms with Gasteiger partial charge in [0.1, 0.15) is 6.17 Å². The first-order valence-corrected chi connectivity index (χ1v) is 6.96. The third-order valence-electron chi connectivity index (χ3n) is 4.12. The quantitative estimate of drug-likeness (QED) is 0.566.